The van der Waals surface area contributed by atoms with Crippen LogP contribution in [0.15, 0.2) is 0 Å². The number of hydrogen-bond acceptors (Lipinski definition) is 0. The summed E-state index contributed by atoms with van der Waals surface area (Å²) in [6.07, 6.45) is -4.09. The third-order valence-corrected chi connectivity index (χ3v) is 2.92. The Hall–Kier alpha value is 0.534. The van der Waals surface area contributed by atoms with Gasteiger partial charge in [-0.2, -0.15) is 5.82 Å². The van der Waals surface area contributed by atoms with Gasteiger partial charge >= 0.3 is 0 Å². The molecule has 15 heteroatoms. The molecule has 0 N–H and O–H groups in total. The van der Waals surface area contributed by atoms with Crippen LogP contribution in [0.2, 0.25) is 0 Å². The summed E-state index contributed by atoms with van der Waals surface area (Å²) in [6.45, 7) is 1.20. The minimum atomic E-state index is -0.768. The quantitative estimate of drug-likeness (QED) is 0.298. The maximum absolute atomic E-state index is 5.69. The molecule has 0 nitrogen and oxygen atoms in total. The summed E-state index contributed by atoms with van der Waals surface area (Å²) < 4.78 is 0. The molecule has 0 amide bonds. The Kier molecular flexibility index (Phi) is 8.91. The zero-order chi connectivity index (χ0) is 14.5. The molecule has 16 radical (unpaired) electrons. The van der Waals surface area contributed by atoms with E-state index in [9.17, 15) is 0 Å². The second kappa shape index (κ2) is 8.65. The Morgan fingerprint density at radius 1 is 0.611 bits per heavy atom. The van der Waals surface area contributed by atoms with Crippen molar-refractivity contribution in [3.63, 3.8) is 0 Å². The molecule has 0 aromatic heterocycles. The van der Waals surface area contributed by atoms with E-state index in [2.05, 4.69) is 11.7 Å². The molecule has 0 unspecified atom stereocenters. The first kappa shape index (κ1) is 18.5. The van der Waals surface area contributed by atoms with E-state index >= 15 is 0 Å². The molecule has 60 valence electrons. The van der Waals surface area contributed by atoms with Crippen molar-refractivity contribution in [3.05, 3.63) is 0 Å². The molecule has 0 heterocycles. The van der Waals surface area contributed by atoms with E-state index in [1.807, 2.05) is 0 Å². The minimum Gasteiger partial charge on any atom is -0.177 e. The van der Waals surface area contributed by atoms with Crippen LogP contribution in [-0.4, -0.2) is 107 Å². The third-order valence-electron chi connectivity index (χ3n) is 2.92. The highest BCUT2D eigenvalue weighted by atomic mass is 13.4. The second-order valence-electron chi connectivity index (χ2n) is 4.38. The van der Waals surface area contributed by atoms with Gasteiger partial charge in [-0.1, -0.05) is 0 Å². The van der Waals surface area contributed by atoms with Crippen LogP contribution < -0.4 is 0 Å². The van der Waals surface area contributed by atoms with Crippen LogP contribution in [0.3, 0.4) is 0 Å². The fourth-order valence-corrected chi connectivity index (χ4v) is 2.09. The van der Waals surface area contributed by atoms with Crippen molar-refractivity contribution in [2.24, 2.45) is 0 Å². The van der Waals surface area contributed by atoms with Gasteiger partial charge in [-0.05, 0) is 6.92 Å². The van der Waals surface area contributed by atoms with E-state index in [-0.39, 0.29) is 0 Å². The zero-order valence-corrected chi connectivity index (χ0v) is 10.7. The SMILES string of the molecule is [B]B([B])B(B([B])[B])B(C#CC)B(B([B])[B])B([B])[B]. The molecule has 0 aromatic rings. The van der Waals surface area contributed by atoms with Gasteiger partial charge in [0.25, 0.3) is 0 Å². The van der Waals surface area contributed by atoms with Gasteiger partial charge in [0.2, 0.25) is 0 Å². The third kappa shape index (κ3) is 5.26. The molecule has 0 aromatic carbocycles. The van der Waals surface area contributed by atoms with Crippen LogP contribution >= 0.6 is 0 Å². The van der Waals surface area contributed by atoms with Crippen molar-refractivity contribution in [1.29, 1.82) is 0 Å². The maximum Gasteiger partial charge on any atom is 0.132 e. The minimum absolute atomic E-state index is 0.463. The van der Waals surface area contributed by atoms with Crippen LogP contribution in [0.4, 0.5) is 0 Å². The maximum atomic E-state index is 5.69. The molecule has 0 saturated carbocycles. The van der Waals surface area contributed by atoms with E-state index in [4.69, 9.17) is 61.9 Å². The largest absolute Gasteiger partial charge is 0.177 e. The molecule has 0 aliphatic carbocycles. The molecular weight excluding hydrogens is 198 g/mol. The predicted molar refractivity (Wildman–Crippen MR) is 99.8 cm³/mol. The molecule has 0 bridgehead atoms. The van der Waals surface area contributed by atoms with Crippen molar-refractivity contribution in [2.75, 3.05) is 0 Å². The van der Waals surface area contributed by atoms with Crippen molar-refractivity contribution >= 4 is 107 Å². The van der Waals surface area contributed by atoms with Crippen LogP contribution in [0.5, 0.6) is 0 Å². The monoisotopic (exact) mass is 204 g/mol. The van der Waals surface area contributed by atoms with Gasteiger partial charge in [-0.15, -0.1) is 5.92 Å². The second-order valence-corrected chi connectivity index (χ2v) is 4.38. The van der Waals surface area contributed by atoms with Gasteiger partial charge in [0.05, 0.1) is 0 Å². The fourth-order valence-electron chi connectivity index (χ4n) is 2.09. The average molecular weight is 201 g/mol. The summed E-state index contributed by atoms with van der Waals surface area (Å²) >= 11 is 0. The summed E-state index contributed by atoms with van der Waals surface area (Å²) in [7, 11) is 45.5. The first-order valence-electron chi connectivity index (χ1n) is 5.71. The standard InChI is InChI=1S/C3H3B15/c1-2-3-12(17(13(4)5)14(6)7)18(15(8)9)16(10)11/h1H3. The Bertz CT molecular complexity index is 248. The highest BCUT2D eigenvalue weighted by molar-refractivity contribution is 8.09. The van der Waals surface area contributed by atoms with Crippen LogP contribution in [0.25, 0.3) is 0 Å². The van der Waals surface area contributed by atoms with Gasteiger partial charge in [0.1, 0.15) is 6.49 Å². The summed E-state index contributed by atoms with van der Waals surface area (Å²) in [4.78, 5) is 0. The van der Waals surface area contributed by atoms with Gasteiger partial charge in [0, 0.05) is 100 Å². The normalized spacial score (nSPS) is 8.50. The zero-order valence-electron chi connectivity index (χ0n) is 10.7. The molecule has 0 aliphatic heterocycles. The van der Waals surface area contributed by atoms with Gasteiger partial charge in [-0.25, -0.2) is 0 Å². The molecule has 0 fully saturated rings. The van der Waals surface area contributed by atoms with Gasteiger partial charge in [-0.3, -0.25) is 0 Å². The number of rotatable bonds is 6. The van der Waals surface area contributed by atoms with Crippen molar-refractivity contribution in [3.8, 4) is 11.7 Å². The summed E-state index contributed by atoms with van der Waals surface area (Å²) in [5.74, 6) is 5.67. The summed E-state index contributed by atoms with van der Waals surface area (Å²) in [5, 5.41) is 0. The highest BCUT2D eigenvalue weighted by Crippen LogP contribution is 2.02. The average Bonchev–Trinajstić information content (AvgIpc) is 2.14. The van der Waals surface area contributed by atoms with E-state index in [1.165, 1.54) is 0 Å². The topological polar surface area (TPSA) is 0 Å². The number of hydrogen-bond donors (Lipinski definition) is 0. The Morgan fingerprint density at radius 2 is 0.889 bits per heavy atom. The highest BCUT2D eigenvalue weighted by Gasteiger charge is 2.40. The van der Waals surface area contributed by atoms with E-state index < -0.39 is 44.8 Å². The fraction of sp³-hybridized carbons (Fsp3) is 0.333. The predicted octanol–water partition coefficient (Wildman–Crippen LogP) is -5.20. The van der Waals surface area contributed by atoms with Crippen LogP contribution in [-0.2, 0) is 0 Å². The molecule has 0 rings (SSSR count). The van der Waals surface area contributed by atoms with Crippen LogP contribution in [0, 0.1) is 11.7 Å². The Labute approximate surface area is 125 Å². The lowest BCUT2D eigenvalue weighted by Gasteiger charge is -2.34. The van der Waals surface area contributed by atoms with E-state index in [0.717, 1.165) is 0 Å². The van der Waals surface area contributed by atoms with E-state index in [1.54, 1.807) is 6.92 Å². The lowest BCUT2D eigenvalue weighted by molar-refractivity contribution is 1.93. The van der Waals surface area contributed by atoms with Crippen molar-refractivity contribution in [1.82, 2.24) is 0 Å². The molecule has 0 saturated heterocycles. The molecule has 18 heavy (non-hydrogen) atoms. The van der Waals surface area contributed by atoms with E-state index in [0.29, 0.717) is 0 Å². The lowest BCUT2D eigenvalue weighted by atomic mass is 8.48. The van der Waals surface area contributed by atoms with Gasteiger partial charge in [0.15, 0.2) is 0 Å². The molecule has 0 spiro atoms. The molecule has 0 aliphatic rings. The smallest absolute Gasteiger partial charge is 0.132 e. The lowest BCUT2D eigenvalue weighted by Crippen LogP contribution is -2.73. The van der Waals surface area contributed by atoms with Crippen LogP contribution in [0.1, 0.15) is 6.92 Å². The first-order valence-corrected chi connectivity index (χ1v) is 5.71. The molecule has 0 atom stereocenters. The first-order chi connectivity index (χ1) is 8.23. The Morgan fingerprint density at radius 3 is 1.06 bits per heavy atom. The van der Waals surface area contributed by atoms with Gasteiger partial charge < -0.3 is 0 Å². The van der Waals surface area contributed by atoms with Crippen molar-refractivity contribution in [2.45, 2.75) is 6.92 Å². The summed E-state index contributed by atoms with van der Waals surface area (Å²) in [5.41, 5.74) is 0. The summed E-state index contributed by atoms with van der Waals surface area (Å²) in [6, 6.07) is 0. The Balaban J connectivity index is 5.41. The van der Waals surface area contributed by atoms with Crippen molar-refractivity contribution < 1.29 is 0 Å². The molecular formula is C3H3B15.